The van der Waals surface area contributed by atoms with E-state index in [0.29, 0.717) is 12.6 Å². The molecule has 1 aliphatic rings. The van der Waals surface area contributed by atoms with E-state index in [4.69, 9.17) is 14.0 Å². The van der Waals surface area contributed by atoms with Crippen molar-refractivity contribution in [2.45, 2.75) is 46.2 Å². The number of nitrogens with zero attached hydrogens (tertiary/aromatic N) is 2. The number of methoxy groups -OCH3 is 1. The maximum atomic E-state index is 5.61. The van der Waals surface area contributed by atoms with Crippen molar-refractivity contribution in [3.05, 3.63) is 40.8 Å². The number of likely N-dealkylation sites (tertiary alicyclic amines) is 1. The van der Waals surface area contributed by atoms with Crippen LogP contribution in [-0.4, -0.2) is 30.3 Å². The minimum atomic E-state index is 0.383. The molecule has 0 amide bonds. The minimum Gasteiger partial charge on any atom is -0.493 e. The summed E-state index contributed by atoms with van der Waals surface area (Å²) in [4.78, 5) is 2.50. The van der Waals surface area contributed by atoms with Gasteiger partial charge in [-0.2, -0.15) is 0 Å². The first kappa shape index (κ1) is 16.8. The molecule has 0 radical (unpaired) electrons. The van der Waals surface area contributed by atoms with E-state index in [0.717, 1.165) is 42.5 Å². The number of aryl methyl sites for hydroxylation is 2. The second-order valence-corrected chi connectivity index (χ2v) is 6.28. The zero-order valence-corrected chi connectivity index (χ0v) is 15.0. The van der Waals surface area contributed by atoms with Gasteiger partial charge < -0.3 is 14.0 Å². The first-order chi connectivity index (χ1) is 11.6. The maximum absolute atomic E-state index is 5.61. The average Bonchev–Trinajstić information content (AvgIpc) is 3.15. The Kier molecular flexibility index (Phi) is 5.09. The second-order valence-electron chi connectivity index (χ2n) is 6.28. The average molecular weight is 330 g/mol. The number of benzene rings is 1. The van der Waals surface area contributed by atoms with Gasteiger partial charge >= 0.3 is 0 Å². The molecule has 5 nitrogen and oxygen atoms in total. The van der Waals surface area contributed by atoms with Gasteiger partial charge in [-0.15, -0.1) is 0 Å². The van der Waals surface area contributed by atoms with Gasteiger partial charge in [-0.05, 0) is 57.9 Å². The van der Waals surface area contributed by atoms with Gasteiger partial charge in [0, 0.05) is 18.2 Å². The van der Waals surface area contributed by atoms with Crippen molar-refractivity contribution in [2.75, 3.05) is 20.3 Å². The second kappa shape index (κ2) is 7.26. The van der Waals surface area contributed by atoms with Gasteiger partial charge in [-0.1, -0.05) is 11.2 Å². The zero-order valence-electron chi connectivity index (χ0n) is 15.0. The van der Waals surface area contributed by atoms with Gasteiger partial charge in [-0.25, -0.2) is 0 Å². The summed E-state index contributed by atoms with van der Waals surface area (Å²) >= 11 is 0. The highest BCUT2D eigenvalue weighted by molar-refractivity contribution is 5.43. The highest BCUT2D eigenvalue weighted by atomic mass is 16.5. The molecule has 2 aromatic rings. The maximum Gasteiger partial charge on any atom is 0.161 e. The first-order valence-corrected chi connectivity index (χ1v) is 8.60. The quantitative estimate of drug-likeness (QED) is 0.800. The summed E-state index contributed by atoms with van der Waals surface area (Å²) < 4.78 is 16.4. The molecule has 1 unspecified atom stereocenters. The van der Waals surface area contributed by atoms with E-state index < -0.39 is 0 Å². The number of aromatic nitrogens is 1. The summed E-state index contributed by atoms with van der Waals surface area (Å²) in [6.07, 6.45) is 2.35. The van der Waals surface area contributed by atoms with Crippen molar-refractivity contribution in [2.24, 2.45) is 0 Å². The Hall–Kier alpha value is -2.01. The molecule has 2 heterocycles. The Labute approximate surface area is 143 Å². The van der Waals surface area contributed by atoms with Crippen LogP contribution >= 0.6 is 0 Å². The Morgan fingerprint density at radius 1 is 1.29 bits per heavy atom. The van der Waals surface area contributed by atoms with E-state index in [-0.39, 0.29) is 0 Å². The number of hydrogen-bond acceptors (Lipinski definition) is 5. The first-order valence-electron chi connectivity index (χ1n) is 8.60. The van der Waals surface area contributed by atoms with Crippen molar-refractivity contribution < 1.29 is 14.0 Å². The van der Waals surface area contributed by atoms with Crippen LogP contribution in [0.3, 0.4) is 0 Å². The predicted octanol–water partition coefficient (Wildman–Crippen LogP) is 4.04. The molecule has 130 valence electrons. The van der Waals surface area contributed by atoms with Crippen molar-refractivity contribution >= 4 is 0 Å². The molecular weight excluding hydrogens is 304 g/mol. The lowest BCUT2D eigenvalue weighted by molar-refractivity contribution is 0.245. The van der Waals surface area contributed by atoms with E-state index in [1.54, 1.807) is 7.11 Å². The van der Waals surface area contributed by atoms with E-state index in [1.165, 1.54) is 17.5 Å². The summed E-state index contributed by atoms with van der Waals surface area (Å²) in [7, 11) is 1.68. The number of ether oxygens (including phenoxy) is 2. The topological polar surface area (TPSA) is 47.7 Å². The van der Waals surface area contributed by atoms with Gasteiger partial charge in [0.15, 0.2) is 11.5 Å². The van der Waals surface area contributed by atoms with Gasteiger partial charge in [0.05, 0.1) is 19.4 Å². The van der Waals surface area contributed by atoms with Gasteiger partial charge in [-0.3, -0.25) is 4.90 Å². The molecule has 0 saturated carbocycles. The Morgan fingerprint density at radius 3 is 2.79 bits per heavy atom. The fourth-order valence-electron chi connectivity index (χ4n) is 3.63. The van der Waals surface area contributed by atoms with E-state index in [2.05, 4.69) is 22.2 Å². The van der Waals surface area contributed by atoms with Crippen LogP contribution in [0.15, 0.2) is 22.7 Å². The third-order valence-corrected chi connectivity index (χ3v) is 4.70. The van der Waals surface area contributed by atoms with Crippen LogP contribution in [0.1, 0.15) is 48.4 Å². The molecule has 1 aliphatic heterocycles. The molecule has 1 aromatic heterocycles. The van der Waals surface area contributed by atoms with Crippen LogP contribution in [0.25, 0.3) is 0 Å². The monoisotopic (exact) mass is 330 g/mol. The molecule has 24 heavy (non-hydrogen) atoms. The molecule has 0 aliphatic carbocycles. The van der Waals surface area contributed by atoms with Crippen LogP contribution in [0.5, 0.6) is 11.5 Å². The molecule has 1 fully saturated rings. The molecular formula is C19H26N2O3. The van der Waals surface area contributed by atoms with E-state index in [1.807, 2.05) is 26.8 Å². The molecule has 1 atom stereocenters. The minimum absolute atomic E-state index is 0.383. The summed E-state index contributed by atoms with van der Waals surface area (Å²) in [5.41, 5.74) is 3.49. The van der Waals surface area contributed by atoms with Crippen LogP contribution < -0.4 is 9.47 Å². The highest BCUT2D eigenvalue weighted by Crippen LogP contribution is 2.37. The number of hydrogen-bond donors (Lipinski definition) is 0. The summed E-state index contributed by atoms with van der Waals surface area (Å²) in [5, 5.41) is 4.12. The van der Waals surface area contributed by atoms with Crippen molar-refractivity contribution in [1.29, 1.82) is 0 Å². The normalized spacial score (nSPS) is 18.1. The van der Waals surface area contributed by atoms with Crippen LogP contribution in [0.4, 0.5) is 0 Å². The van der Waals surface area contributed by atoms with E-state index in [9.17, 15) is 0 Å². The van der Waals surface area contributed by atoms with Crippen LogP contribution in [0, 0.1) is 13.8 Å². The molecule has 5 heteroatoms. The van der Waals surface area contributed by atoms with Gasteiger partial charge in [0.2, 0.25) is 0 Å². The highest BCUT2D eigenvalue weighted by Gasteiger charge is 2.30. The summed E-state index contributed by atoms with van der Waals surface area (Å²) in [6.45, 7) is 8.62. The van der Waals surface area contributed by atoms with Gasteiger partial charge in [0.1, 0.15) is 5.76 Å². The molecule has 1 saturated heterocycles. The van der Waals surface area contributed by atoms with Crippen molar-refractivity contribution in [3.8, 4) is 11.5 Å². The fourth-order valence-corrected chi connectivity index (χ4v) is 3.63. The van der Waals surface area contributed by atoms with E-state index >= 15 is 0 Å². The smallest absolute Gasteiger partial charge is 0.161 e. The molecule has 3 rings (SSSR count). The largest absolute Gasteiger partial charge is 0.493 e. The molecule has 1 aromatic carbocycles. The van der Waals surface area contributed by atoms with Crippen LogP contribution in [-0.2, 0) is 6.54 Å². The summed E-state index contributed by atoms with van der Waals surface area (Å²) in [5.74, 6) is 2.53. The SMILES string of the molecule is CCOc1ccc(CN2CCCC2c2c(C)noc2C)cc1OC. The molecule has 0 N–H and O–H groups in total. The van der Waals surface area contributed by atoms with Crippen LogP contribution in [0.2, 0.25) is 0 Å². The van der Waals surface area contributed by atoms with Crippen molar-refractivity contribution in [1.82, 2.24) is 10.1 Å². The Morgan fingerprint density at radius 2 is 2.12 bits per heavy atom. The fraction of sp³-hybridized carbons (Fsp3) is 0.526. The van der Waals surface area contributed by atoms with Crippen molar-refractivity contribution in [3.63, 3.8) is 0 Å². The third-order valence-electron chi connectivity index (χ3n) is 4.70. The lowest BCUT2D eigenvalue weighted by Crippen LogP contribution is -2.23. The molecule has 0 spiro atoms. The predicted molar refractivity (Wildman–Crippen MR) is 92.5 cm³/mol. The lowest BCUT2D eigenvalue weighted by atomic mass is 10.0. The molecule has 0 bridgehead atoms. The zero-order chi connectivity index (χ0) is 17.1. The van der Waals surface area contributed by atoms with Gasteiger partial charge in [0.25, 0.3) is 0 Å². The standard InChI is InChI=1S/C19H26N2O3/c1-5-23-17-9-8-15(11-18(17)22-4)12-21-10-6-7-16(21)19-13(2)20-24-14(19)3/h8-9,11,16H,5-7,10,12H2,1-4H3. The lowest BCUT2D eigenvalue weighted by Gasteiger charge is -2.25. The Balaban J connectivity index is 1.80. The Bertz CT molecular complexity index is 676. The summed E-state index contributed by atoms with van der Waals surface area (Å²) in [6, 6.07) is 6.58. The number of rotatable bonds is 6. The third kappa shape index (κ3) is 3.26.